The molecule has 35 heavy (non-hydrogen) atoms. The molecule has 0 saturated heterocycles. The van der Waals surface area contributed by atoms with Crippen molar-refractivity contribution in [1.29, 1.82) is 10.9 Å². The normalized spacial score (nSPS) is 11.3. The summed E-state index contributed by atoms with van der Waals surface area (Å²) >= 11 is 0. The van der Waals surface area contributed by atoms with Gasteiger partial charge in [0.15, 0.2) is 5.84 Å². The lowest BCUT2D eigenvalue weighted by Crippen LogP contribution is -2.27. The zero-order valence-corrected chi connectivity index (χ0v) is 20.1. The fourth-order valence-electron chi connectivity index (χ4n) is 3.30. The number of benzene rings is 2. The summed E-state index contributed by atoms with van der Waals surface area (Å²) in [5.74, 6) is 0.516. The first-order chi connectivity index (χ1) is 16.8. The Morgan fingerprint density at radius 3 is 2.23 bits per heavy atom. The highest BCUT2D eigenvalue weighted by atomic mass is 19.4. The highest BCUT2D eigenvalue weighted by Crippen LogP contribution is 2.39. The number of unbranched alkanes of at least 4 members (excludes halogenated alkanes) is 2. The van der Waals surface area contributed by atoms with Crippen molar-refractivity contribution in [1.82, 2.24) is 5.01 Å². The Hall–Kier alpha value is -3.14. The molecule has 10 heteroatoms. The van der Waals surface area contributed by atoms with Crippen molar-refractivity contribution in [3.8, 4) is 22.6 Å². The van der Waals surface area contributed by atoms with Gasteiger partial charge >= 0.3 is 6.18 Å². The molecule has 0 aromatic heterocycles. The van der Waals surface area contributed by atoms with Gasteiger partial charge in [-0.05, 0) is 43.0 Å². The number of aliphatic hydroxyl groups is 1. The van der Waals surface area contributed by atoms with Crippen LogP contribution in [-0.2, 0) is 6.18 Å². The van der Waals surface area contributed by atoms with E-state index in [-0.39, 0.29) is 36.5 Å². The van der Waals surface area contributed by atoms with E-state index in [0.29, 0.717) is 30.3 Å². The summed E-state index contributed by atoms with van der Waals surface area (Å²) < 4.78 is 52.1. The van der Waals surface area contributed by atoms with Gasteiger partial charge in [0.25, 0.3) is 0 Å². The minimum absolute atomic E-state index is 0.126. The zero-order valence-electron chi connectivity index (χ0n) is 20.1. The molecule has 0 amide bonds. The van der Waals surface area contributed by atoms with Crippen LogP contribution in [0.1, 0.15) is 57.1 Å². The van der Waals surface area contributed by atoms with Crippen molar-refractivity contribution < 1.29 is 27.8 Å². The highest BCUT2D eigenvalue weighted by molar-refractivity contribution is 6.00. The van der Waals surface area contributed by atoms with Crippen LogP contribution in [0.25, 0.3) is 11.1 Å². The fraction of sp³-hybridized carbons (Fsp3) is 0.480. The summed E-state index contributed by atoms with van der Waals surface area (Å²) in [5.41, 5.74) is 7.60. The van der Waals surface area contributed by atoms with E-state index in [2.05, 4.69) is 5.22 Å². The second-order valence-electron chi connectivity index (χ2n) is 7.98. The standard InChI is InChI=1S/C25H33F3N4O3/c1-3-5-13-34-22-17-23(35-14-6-4-2)21(24(29)32(31-30)11-8-12-33)16-20(22)18-9-7-10-19(15-18)25(26,27)28/h7,9-10,15-17,29-30,33H,3-6,8,11-14H2,1-2H3. The number of rotatable bonds is 14. The van der Waals surface area contributed by atoms with Gasteiger partial charge in [-0.1, -0.05) is 44.0 Å². The summed E-state index contributed by atoms with van der Waals surface area (Å²) in [7, 11) is 0. The van der Waals surface area contributed by atoms with Crippen molar-refractivity contribution in [2.45, 2.75) is 52.1 Å². The predicted molar refractivity (Wildman–Crippen MR) is 128 cm³/mol. The molecule has 0 saturated carbocycles. The first kappa shape index (κ1) is 28.1. The van der Waals surface area contributed by atoms with Gasteiger partial charge in [0.2, 0.25) is 0 Å². The number of hydrogen-bond acceptors (Lipinski definition) is 6. The van der Waals surface area contributed by atoms with Crippen molar-refractivity contribution in [2.75, 3.05) is 26.4 Å². The Labute approximate surface area is 203 Å². The molecular formula is C25H33F3N4O3. The average molecular weight is 495 g/mol. The van der Waals surface area contributed by atoms with Gasteiger partial charge in [0.1, 0.15) is 11.5 Å². The summed E-state index contributed by atoms with van der Waals surface area (Å²) in [6.07, 6.45) is -0.923. The van der Waals surface area contributed by atoms with E-state index < -0.39 is 11.7 Å². The van der Waals surface area contributed by atoms with E-state index in [4.69, 9.17) is 25.5 Å². The van der Waals surface area contributed by atoms with Crippen molar-refractivity contribution in [3.63, 3.8) is 0 Å². The van der Waals surface area contributed by atoms with Gasteiger partial charge in [0, 0.05) is 24.8 Å². The van der Waals surface area contributed by atoms with E-state index in [9.17, 15) is 13.2 Å². The molecule has 3 N–H and O–H groups in total. The van der Waals surface area contributed by atoms with Crippen LogP contribution in [0, 0.1) is 10.9 Å². The second-order valence-corrected chi connectivity index (χ2v) is 7.98. The number of alkyl halides is 3. The van der Waals surface area contributed by atoms with Crippen molar-refractivity contribution in [2.24, 2.45) is 5.22 Å². The molecule has 2 aromatic rings. The minimum atomic E-state index is -4.51. The van der Waals surface area contributed by atoms with Crippen LogP contribution in [0.2, 0.25) is 0 Å². The molecule has 0 unspecified atom stereocenters. The minimum Gasteiger partial charge on any atom is -0.493 e. The van der Waals surface area contributed by atoms with Crippen LogP contribution >= 0.6 is 0 Å². The monoisotopic (exact) mass is 494 g/mol. The third kappa shape index (κ3) is 7.95. The number of nitrogens with zero attached hydrogens (tertiary/aromatic N) is 2. The van der Waals surface area contributed by atoms with Gasteiger partial charge in [-0.15, -0.1) is 0 Å². The second kappa shape index (κ2) is 13.7. The molecule has 0 aliphatic carbocycles. The maximum Gasteiger partial charge on any atom is 0.416 e. The Bertz CT molecular complexity index is 983. The fourth-order valence-corrected chi connectivity index (χ4v) is 3.30. The number of nitrogens with one attached hydrogen (secondary N) is 2. The summed E-state index contributed by atoms with van der Waals surface area (Å²) in [6, 6.07) is 8.09. The van der Waals surface area contributed by atoms with E-state index in [1.165, 1.54) is 6.07 Å². The van der Waals surface area contributed by atoms with Crippen LogP contribution in [-0.4, -0.2) is 42.3 Å². The number of aliphatic hydroxyl groups excluding tert-OH is 1. The molecule has 0 fully saturated rings. The molecule has 192 valence electrons. The topological polar surface area (TPSA) is 102 Å². The lowest BCUT2D eigenvalue weighted by Gasteiger charge is -2.22. The molecule has 0 aliphatic heterocycles. The maximum atomic E-state index is 13.4. The Kier molecular flexibility index (Phi) is 11.0. The van der Waals surface area contributed by atoms with Gasteiger partial charge in [-0.3, -0.25) is 5.41 Å². The third-order valence-electron chi connectivity index (χ3n) is 5.26. The Morgan fingerprint density at radius 1 is 1.00 bits per heavy atom. The number of amidine groups is 1. The smallest absolute Gasteiger partial charge is 0.416 e. The van der Waals surface area contributed by atoms with E-state index in [1.807, 2.05) is 13.8 Å². The van der Waals surface area contributed by atoms with Crippen LogP contribution < -0.4 is 9.47 Å². The summed E-state index contributed by atoms with van der Waals surface area (Å²) in [6.45, 7) is 4.75. The molecule has 0 aliphatic rings. The molecule has 2 aromatic carbocycles. The van der Waals surface area contributed by atoms with Gasteiger partial charge < -0.3 is 14.6 Å². The van der Waals surface area contributed by atoms with E-state index >= 15 is 0 Å². The van der Waals surface area contributed by atoms with E-state index in [0.717, 1.165) is 42.8 Å². The van der Waals surface area contributed by atoms with Gasteiger partial charge in [0.05, 0.1) is 24.3 Å². The molecule has 0 atom stereocenters. The van der Waals surface area contributed by atoms with Crippen LogP contribution in [0.5, 0.6) is 11.5 Å². The molecule has 0 spiro atoms. The first-order valence-electron chi connectivity index (χ1n) is 11.7. The Balaban J connectivity index is 2.66. The predicted octanol–water partition coefficient (Wildman–Crippen LogP) is 6.69. The largest absolute Gasteiger partial charge is 0.493 e. The summed E-state index contributed by atoms with van der Waals surface area (Å²) in [5, 5.41) is 22.3. The molecule has 0 radical (unpaired) electrons. The van der Waals surface area contributed by atoms with Crippen LogP contribution in [0.15, 0.2) is 41.6 Å². The average Bonchev–Trinajstić information content (AvgIpc) is 2.84. The van der Waals surface area contributed by atoms with Gasteiger partial charge in [-0.2, -0.15) is 18.7 Å². The number of hydrogen-bond donors (Lipinski definition) is 3. The number of ether oxygens (including phenoxy) is 2. The van der Waals surface area contributed by atoms with Gasteiger partial charge in [-0.25, -0.2) is 5.01 Å². The third-order valence-corrected chi connectivity index (χ3v) is 5.26. The molecule has 0 heterocycles. The molecule has 0 bridgehead atoms. The van der Waals surface area contributed by atoms with Crippen molar-refractivity contribution in [3.05, 3.63) is 47.5 Å². The quantitative estimate of drug-likeness (QED) is 0.0895. The van der Waals surface area contributed by atoms with E-state index in [1.54, 1.807) is 18.2 Å². The lowest BCUT2D eigenvalue weighted by atomic mass is 9.98. The molecular weight excluding hydrogens is 461 g/mol. The van der Waals surface area contributed by atoms with Crippen LogP contribution in [0.3, 0.4) is 0 Å². The first-order valence-corrected chi connectivity index (χ1v) is 11.7. The molecule has 2 rings (SSSR count). The zero-order chi connectivity index (χ0) is 25.8. The van der Waals surface area contributed by atoms with Crippen LogP contribution in [0.4, 0.5) is 13.2 Å². The number of halogens is 3. The maximum absolute atomic E-state index is 13.4. The molecule has 7 nitrogen and oxygen atoms in total. The Morgan fingerprint density at radius 2 is 1.66 bits per heavy atom. The lowest BCUT2D eigenvalue weighted by molar-refractivity contribution is -0.137. The van der Waals surface area contributed by atoms with Crippen molar-refractivity contribution >= 4 is 5.84 Å². The SMILES string of the molecule is CCCCOc1cc(OCCCC)c(-c2cccc(C(F)(F)F)c2)cc1C(=N)N(CCCO)N=N. The summed E-state index contributed by atoms with van der Waals surface area (Å²) in [4.78, 5) is 0. The highest BCUT2D eigenvalue weighted by Gasteiger charge is 2.31.